The number of amides is 1. The zero-order valence-corrected chi connectivity index (χ0v) is 21.1. The lowest BCUT2D eigenvalue weighted by molar-refractivity contribution is 0.0408. The summed E-state index contributed by atoms with van der Waals surface area (Å²) >= 11 is 6.58. The number of pyridine rings is 1. The van der Waals surface area contributed by atoms with Crippen LogP contribution in [0, 0.1) is 12.8 Å². The number of aromatic amines is 1. The van der Waals surface area contributed by atoms with Crippen LogP contribution >= 0.6 is 11.6 Å². The van der Waals surface area contributed by atoms with Gasteiger partial charge in [0.05, 0.1) is 10.6 Å². The number of nitrogens with zero attached hydrogens (tertiary/aromatic N) is 2. The minimum absolute atomic E-state index is 0.252. The second-order valence-electron chi connectivity index (χ2n) is 10.1. The summed E-state index contributed by atoms with van der Waals surface area (Å²) in [5.41, 5.74) is 2.19. The summed E-state index contributed by atoms with van der Waals surface area (Å²) in [5, 5.41) is 3.46. The van der Waals surface area contributed by atoms with Crippen LogP contribution in [0.4, 0.5) is 4.79 Å². The molecule has 3 rings (SSSR count). The van der Waals surface area contributed by atoms with Crippen LogP contribution in [0.3, 0.4) is 0 Å². The molecule has 0 saturated carbocycles. The summed E-state index contributed by atoms with van der Waals surface area (Å²) in [6, 6.07) is 7.56. The zero-order chi connectivity index (χ0) is 24.4. The van der Waals surface area contributed by atoms with E-state index in [2.05, 4.69) is 34.1 Å². The third kappa shape index (κ3) is 6.60. The molecular formula is C25H33ClN4O3. The molecule has 3 aromatic rings. The van der Waals surface area contributed by atoms with E-state index < -0.39 is 17.2 Å². The Morgan fingerprint density at radius 3 is 2.58 bits per heavy atom. The standard InChI is InChI=1S/C25H33ClN4O3/c1-15(2)13-25(7,30-23(31)33-24(4,5)6)14-32-20-9-8-17(12-19(20)26)18-10-11-27-22-21(18)28-16(3)29-22/h8-12,15H,13-14H2,1-7H3,(H,30,31)(H,27,28,29). The minimum Gasteiger partial charge on any atom is -0.490 e. The van der Waals surface area contributed by atoms with Gasteiger partial charge in [0, 0.05) is 11.8 Å². The van der Waals surface area contributed by atoms with E-state index in [1.807, 2.05) is 58.9 Å². The third-order valence-electron chi connectivity index (χ3n) is 4.95. The van der Waals surface area contributed by atoms with Gasteiger partial charge in [-0.15, -0.1) is 0 Å². The van der Waals surface area contributed by atoms with Crippen LogP contribution < -0.4 is 10.1 Å². The van der Waals surface area contributed by atoms with Crippen LogP contribution in [0.2, 0.25) is 5.02 Å². The van der Waals surface area contributed by atoms with E-state index in [9.17, 15) is 4.79 Å². The molecule has 1 amide bonds. The van der Waals surface area contributed by atoms with Crippen LogP contribution in [-0.2, 0) is 4.74 Å². The van der Waals surface area contributed by atoms with Crippen LogP contribution in [0.25, 0.3) is 22.3 Å². The number of imidazole rings is 1. The predicted molar refractivity (Wildman–Crippen MR) is 132 cm³/mol. The van der Waals surface area contributed by atoms with E-state index in [1.54, 1.807) is 6.20 Å². The van der Waals surface area contributed by atoms with Crippen LogP contribution in [0.15, 0.2) is 30.5 Å². The van der Waals surface area contributed by atoms with Gasteiger partial charge in [-0.05, 0) is 70.7 Å². The van der Waals surface area contributed by atoms with Crippen molar-refractivity contribution in [3.05, 3.63) is 41.3 Å². The second-order valence-corrected chi connectivity index (χ2v) is 10.5. The zero-order valence-electron chi connectivity index (χ0n) is 20.4. The fraction of sp³-hybridized carbons (Fsp3) is 0.480. The SMILES string of the molecule is Cc1nc2c(-c3ccc(OCC(C)(CC(C)C)NC(=O)OC(C)(C)C)c(Cl)c3)ccnc2[nH]1. The summed E-state index contributed by atoms with van der Waals surface area (Å²) in [6.45, 7) is 13.8. The van der Waals surface area contributed by atoms with Crippen molar-refractivity contribution < 1.29 is 14.3 Å². The predicted octanol–water partition coefficient (Wildman–Crippen LogP) is 6.30. The van der Waals surface area contributed by atoms with Crippen molar-refractivity contribution in [3.63, 3.8) is 0 Å². The van der Waals surface area contributed by atoms with E-state index in [0.29, 0.717) is 16.7 Å². The van der Waals surface area contributed by atoms with Crippen molar-refractivity contribution in [3.8, 4) is 16.9 Å². The first-order chi connectivity index (χ1) is 15.3. The van der Waals surface area contributed by atoms with Gasteiger partial charge in [-0.25, -0.2) is 14.8 Å². The molecule has 1 aromatic carbocycles. The van der Waals surface area contributed by atoms with E-state index in [-0.39, 0.29) is 6.61 Å². The molecule has 0 saturated heterocycles. The molecule has 2 heterocycles. The first kappa shape index (κ1) is 24.8. The molecule has 0 aliphatic carbocycles. The smallest absolute Gasteiger partial charge is 0.408 e. The fourth-order valence-corrected chi connectivity index (χ4v) is 4.11. The van der Waals surface area contributed by atoms with Crippen molar-refractivity contribution in [1.82, 2.24) is 20.3 Å². The second kappa shape index (κ2) is 9.59. The van der Waals surface area contributed by atoms with Gasteiger partial charge in [0.25, 0.3) is 0 Å². The number of hydrogen-bond acceptors (Lipinski definition) is 5. The number of alkyl carbamates (subject to hydrolysis) is 1. The molecule has 1 unspecified atom stereocenters. The molecule has 178 valence electrons. The number of carbonyl (C=O) groups is 1. The molecule has 33 heavy (non-hydrogen) atoms. The summed E-state index contributed by atoms with van der Waals surface area (Å²) in [7, 11) is 0. The van der Waals surface area contributed by atoms with Crippen LogP contribution in [-0.4, -0.2) is 38.8 Å². The first-order valence-electron chi connectivity index (χ1n) is 11.1. The number of nitrogens with one attached hydrogen (secondary N) is 2. The summed E-state index contributed by atoms with van der Waals surface area (Å²) in [5.74, 6) is 1.70. The molecule has 2 aromatic heterocycles. The van der Waals surface area contributed by atoms with Gasteiger partial charge in [-0.1, -0.05) is 31.5 Å². The number of aryl methyl sites for hydroxylation is 1. The molecule has 0 radical (unpaired) electrons. The summed E-state index contributed by atoms with van der Waals surface area (Å²) < 4.78 is 11.5. The van der Waals surface area contributed by atoms with Gasteiger partial charge in [0.15, 0.2) is 5.65 Å². The Labute approximate surface area is 200 Å². The highest BCUT2D eigenvalue weighted by atomic mass is 35.5. The molecule has 8 heteroatoms. The first-order valence-corrected chi connectivity index (χ1v) is 11.5. The van der Waals surface area contributed by atoms with Crippen molar-refractivity contribution in [2.45, 2.75) is 66.0 Å². The van der Waals surface area contributed by atoms with Gasteiger partial charge in [-0.2, -0.15) is 0 Å². The van der Waals surface area contributed by atoms with Gasteiger partial charge in [-0.3, -0.25) is 0 Å². The lowest BCUT2D eigenvalue weighted by atomic mass is 9.91. The van der Waals surface area contributed by atoms with Crippen molar-refractivity contribution in [2.24, 2.45) is 5.92 Å². The van der Waals surface area contributed by atoms with Crippen molar-refractivity contribution in [2.75, 3.05) is 6.61 Å². The molecule has 2 N–H and O–H groups in total. The minimum atomic E-state index is -0.623. The normalized spacial score (nSPS) is 13.7. The maximum Gasteiger partial charge on any atom is 0.408 e. The summed E-state index contributed by atoms with van der Waals surface area (Å²) in [4.78, 5) is 24.4. The number of rotatable bonds is 7. The van der Waals surface area contributed by atoms with Crippen LogP contribution in [0.1, 0.15) is 53.8 Å². The van der Waals surface area contributed by atoms with E-state index in [1.165, 1.54) is 0 Å². The highest BCUT2D eigenvalue weighted by molar-refractivity contribution is 6.32. The molecule has 1 atom stereocenters. The lowest BCUT2D eigenvalue weighted by Gasteiger charge is -2.33. The molecule has 0 aliphatic rings. The van der Waals surface area contributed by atoms with E-state index >= 15 is 0 Å². The number of halogens is 1. The Balaban J connectivity index is 1.78. The number of fused-ring (bicyclic) bond motifs is 1. The number of H-pyrrole nitrogens is 1. The number of ether oxygens (including phenoxy) is 2. The molecule has 0 fully saturated rings. The number of carbonyl (C=O) groups excluding carboxylic acids is 1. The Morgan fingerprint density at radius 1 is 1.21 bits per heavy atom. The van der Waals surface area contributed by atoms with E-state index in [4.69, 9.17) is 21.1 Å². The Kier molecular flexibility index (Phi) is 7.22. The lowest BCUT2D eigenvalue weighted by Crippen LogP contribution is -2.52. The van der Waals surface area contributed by atoms with E-state index in [0.717, 1.165) is 34.5 Å². The summed E-state index contributed by atoms with van der Waals surface area (Å²) in [6.07, 6.45) is 2.00. The monoisotopic (exact) mass is 472 g/mol. The van der Waals surface area contributed by atoms with Gasteiger partial charge in [0.1, 0.15) is 29.3 Å². The van der Waals surface area contributed by atoms with Crippen molar-refractivity contribution >= 4 is 28.9 Å². The van der Waals surface area contributed by atoms with Crippen molar-refractivity contribution in [1.29, 1.82) is 0 Å². The third-order valence-corrected chi connectivity index (χ3v) is 5.25. The quantitative estimate of drug-likeness (QED) is 0.421. The number of aromatic nitrogens is 3. The molecule has 0 spiro atoms. The van der Waals surface area contributed by atoms with Gasteiger partial charge >= 0.3 is 6.09 Å². The average Bonchev–Trinajstić information content (AvgIpc) is 3.04. The Hall–Kier alpha value is -2.80. The molecule has 0 bridgehead atoms. The fourth-order valence-electron chi connectivity index (χ4n) is 3.88. The Bertz CT molecular complexity index is 1140. The maximum absolute atomic E-state index is 12.4. The highest BCUT2D eigenvalue weighted by Gasteiger charge is 2.31. The molecular weight excluding hydrogens is 440 g/mol. The number of hydrogen-bond donors (Lipinski definition) is 2. The maximum atomic E-state index is 12.4. The molecule has 0 aliphatic heterocycles. The van der Waals surface area contributed by atoms with Crippen LogP contribution in [0.5, 0.6) is 5.75 Å². The Morgan fingerprint density at radius 2 is 1.94 bits per heavy atom. The topological polar surface area (TPSA) is 89.1 Å². The van der Waals surface area contributed by atoms with Gasteiger partial charge < -0.3 is 19.8 Å². The number of benzene rings is 1. The van der Waals surface area contributed by atoms with Gasteiger partial charge in [0.2, 0.25) is 0 Å². The highest BCUT2D eigenvalue weighted by Crippen LogP contribution is 2.33. The largest absolute Gasteiger partial charge is 0.490 e. The average molecular weight is 473 g/mol. The molecule has 7 nitrogen and oxygen atoms in total.